The first-order valence-corrected chi connectivity index (χ1v) is 4.12. The predicted octanol–water partition coefficient (Wildman–Crippen LogP) is 1.99. The molecule has 0 atom stereocenters. The zero-order valence-corrected chi connectivity index (χ0v) is 8.29. The van der Waals surface area contributed by atoms with E-state index in [1.807, 2.05) is 0 Å². The highest BCUT2D eigenvalue weighted by atomic mass is 19.3. The van der Waals surface area contributed by atoms with Gasteiger partial charge in [0.05, 0.1) is 19.8 Å². The topological polar surface area (TPSA) is 35.5 Å². The number of rotatable bonds is 4. The van der Waals surface area contributed by atoms with Crippen molar-refractivity contribution in [2.45, 2.75) is 5.92 Å². The summed E-state index contributed by atoms with van der Waals surface area (Å²) in [6, 6.07) is 3.88. The summed E-state index contributed by atoms with van der Waals surface area (Å²) in [6.07, 6.45) is -0.426. The van der Waals surface area contributed by atoms with E-state index in [4.69, 9.17) is 9.47 Å². The molecule has 82 valence electrons. The Balaban J connectivity index is 3.29. The van der Waals surface area contributed by atoms with Gasteiger partial charge in [-0.05, 0) is 18.2 Å². The molecule has 0 fully saturated rings. The molecule has 15 heavy (non-hydrogen) atoms. The summed E-state index contributed by atoms with van der Waals surface area (Å²) in [5.74, 6) is -3.37. The van der Waals surface area contributed by atoms with Gasteiger partial charge in [-0.3, -0.25) is 4.79 Å². The minimum atomic E-state index is -3.57. The SMILES string of the molecule is COc1ccc(OC)c(C(F)(F)C=O)c1. The first-order valence-electron chi connectivity index (χ1n) is 4.12. The quantitative estimate of drug-likeness (QED) is 0.722. The summed E-state index contributed by atoms with van der Waals surface area (Å²) in [6.45, 7) is 0. The molecule has 0 aliphatic carbocycles. The van der Waals surface area contributed by atoms with Crippen LogP contribution in [0.3, 0.4) is 0 Å². The first-order chi connectivity index (χ1) is 7.05. The minimum absolute atomic E-state index is 0.0482. The van der Waals surface area contributed by atoms with Gasteiger partial charge in [-0.2, -0.15) is 8.78 Å². The molecule has 0 saturated heterocycles. The highest BCUT2D eigenvalue weighted by molar-refractivity contribution is 5.66. The fraction of sp³-hybridized carbons (Fsp3) is 0.300. The van der Waals surface area contributed by atoms with Crippen molar-refractivity contribution in [3.05, 3.63) is 23.8 Å². The summed E-state index contributed by atoms with van der Waals surface area (Å²) >= 11 is 0. The Morgan fingerprint density at radius 3 is 2.40 bits per heavy atom. The van der Waals surface area contributed by atoms with Gasteiger partial charge in [0.25, 0.3) is 0 Å². The monoisotopic (exact) mass is 216 g/mol. The maximum Gasteiger partial charge on any atom is 0.331 e. The standard InChI is InChI=1S/C10H10F2O3/c1-14-7-3-4-9(15-2)8(5-7)10(11,12)6-13/h3-6H,1-2H3. The van der Waals surface area contributed by atoms with Crippen molar-refractivity contribution in [1.82, 2.24) is 0 Å². The van der Waals surface area contributed by atoms with Crippen molar-refractivity contribution < 1.29 is 23.0 Å². The molecule has 1 aromatic carbocycles. The van der Waals surface area contributed by atoms with Gasteiger partial charge >= 0.3 is 5.92 Å². The number of alkyl halides is 2. The average Bonchev–Trinajstić information content (AvgIpc) is 2.28. The third kappa shape index (κ3) is 2.23. The zero-order chi connectivity index (χ0) is 11.5. The van der Waals surface area contributed by atoms with Gasteiger partial charge in [-0.15, -0.1) is 0 Å². The van der Waals surface area contributed by atoms with E-state index in [-0.39, 0.29) is 11.5 Å². The number of methoxy groups -OCH3 is 2. The zero-order valence-electron chi connectivity index (χ0n) is 8.29. The summed E-state index contributed by atoms with van der Waals surface area (Å²) in [5, 5.41) is 0. The molecular formula is C10H10F2O3. The number of hydrogen-bond donors (Lipinski definition) is 0. The number of benzene rings is 1. The van der Waals surface area contributed by atoms with Crippen molar-refractivity contribution in [3.8, 4) is 11.5 Å². The Labute approximate surface area is 85.6 Å². The highest BCUT2D eigenvalue weighted by Gasteiger charge is 2.34. The van der Waals surface area contributed by atoms with Crippen LogP contribution in [-0.2, 0) is 10.7 Å². The number of ether oxygens (including phenoxy) is 2. The predicted molar refractivity (Wildman–Crippen MR) is 49.5 cm³/mol. The maximum absolute atomic E-state index is 13.1. The summed E-state index contributed by atoms with van der Waals surface area (Å²) < 4.78 is 35.8. The molecule has 0 aliphatic heterocycles. The Kier molecular flexibility index (Phi) is 3.24. The lowest BCUT2D eigenvalue weighted by Gasteiger charge is -2.14. The average molecular weight is 216 g/mol. The molecule has 0 radical (unpaired) electrons. The molecule has 0 spiro atoms. The van der Waals surface area contributed by atoms with Gasteiger partial charge in [0, 0.05) is 0 Å². The second-order valence-corrected chi connectivity index (χ2v) is 2.81. The molecule has 0 N–H and O–H groups in total. The molecule has 0 amide bonds. The van der Waals surface area contributed by atoms with Crippen LogP contribution in [0.4, 0.5) is 8.78 Å². The van der Waals surface area contributed by atoms with Crippen LogP contribution in [0.1, 0.15) is 5.56 Å². The highest BCUT2D eigenvalue weighted by Crippen LogP contribution is 2.35. The van der Waals surface area contributed by atoms with E-state index in [9.17, 15) is 13.6 Å². The van der Waals surface area contributed by atoms with Crippen LogP contribution >= 0.6 is 0 Å². The van der Waals surface area contributed by atoms with E-state index in [0.717, 1.165) is 6.07 Å². The van der Waals surface area contributed by atoms with Crippen LogP contribution in [0, 0.1) is 0 Å². The van der Waals surface area contributed by atoms with Crippen molar-refractivity contribution in [2.24, 2.45) is 0 Å². The molecule has 0 unspecified atom stereocenters. The van der Waals surface area contributed by atoms with Gasteiger partial charge in [0.1, 0.15) is 11.5 Å². The van der Waals surface area contributed by atoms with E-state index in [2.05, 4.69) is 0 Å². The van der Waals surface area contributed by atoms with Crippen molar-refractivity contribution in [3.63, 3.8) is 0 Å². The minimum Gasteiger partial charge on any atom is -0.497 e. The molecule has 1 rings (SSSR count). The van der Waals surface area contributed by atoms with Crippen LogP contribution in [0.2, 0.25) is 0 Å². The second-order valence-electron chi connectivity index (χ2n) is 2.81. The molecule has 0 aromatic heterocycles. The number of aldehydes is 1. The van der Waals surface area contributed by atoms with Gasteiger partial charge in [0.2, 0.25) is 0 Å². The lowest BCUT2D eigenvalue weighted by molar-refractivity contribution is -0.130. The molecule has 3 nitrogen and oxygen atoms in total. The van der Waals surface area contributed by atoms with E-state index >= 15 is 0 Å². The normalized spacial score (nSPS) is 10.9. The van der Waals surface area contributed by atoms with Crippen LogP contribution < -0.4 is 9.47 Å². The number of carbonyl (C=O) groups excluding carboxylic acids is 1. The fourth-order valence-electron chi connectivity index (χ4n) is 1.14. The third-order valence-electron chi connectivity index (χ3n) is 1.91. The smallest absolute Gasteiger partial charge is 0.331 e. The van der Waals surface area contributed by atoms with E-state index in [1.165, 1.54) is 26.4 Å². The Morgan fingerprint density at radius 1 is 1.27 bits per heavy atom. The lowest BCUT2D eigenvalue weighted by Crippen LogP contribution is -2.16. The van der Waals surface area contributed by atoms with Crippen molar-refractivity contribution in [2.75, 3.05) is 14.2 Å². The lowest BCUT2D eigenvalue weighted by atomic mass is 10.1. The Bertz CT molecular complexity index is 364. The number of carbonyl (C=O) groups is 1. The van der Waals surface area contributed by atoms with Gasteiger partial charge in [-0.1, -0.05) is 0 Å². The molecular weight excluding hydrogens is 206 g/mol. The van der Waals surface area contributed by atoms with Crippen molar-refractivity contribution in [1.29, 1.82) is 0 Å². The molecule has 1 aromatic rings. The number of hydrogen-bond acceptors (Lipinski definition) is 3. The largest absolute Gasteiger partial charge is 0.497 e. The summed E-state index contributed by atoms with van der Waals surface area (Å²) in [7, 11) is 2.61. The molecule has 0 saturated carbocycles. The van der Waals surface area contributed by atoms with E-state index in [0.29, 0.717) is 0 Å². The van der Waals surface area contributed by atoms with Gasteiger partial charge in [0.15, 0.2) is 6.29 Å². The van der Waals surface area contributed by atoms with Crippen molar-refractivity contribution >= 4 is 6.29 Å². The molecule has 0 aliphatic rings. The van der Waals surface area contributed by atoms with E-state index < -0.39 is 17.8 Å². The molecule has 0 bridgehead atoms. The number of halogens is 2. The van der Waals surface area contributed by atoms with Crippen LogP contribution in [0.15, 0.2) is 18.2 Å². The second kappa shape index (κ2) is 4.25. The van der Waals surface area contributed by atoms with Crippen LogP contribution in [0.25, 0.3) is 0 Å². The van der Waals surface area contributed by atoms with Crippen LogP contribution in [0.5, 0.6) is 11.5 Å². The third-order valence-corrected chi connectivity index (χ3v) is 1.91. The molecule has 5 heteroatoms. The fourth-order valence-corrected chi connectivity index (χ4v) is 1.14. The summed E-state index contributed by atoms with van der Waals surface area (Å²) in [4.78, 5) is 10.2. The first kappa shape index (κ1) is 11.4. The van der Waals surface area contributed by atoms with E-state index in [1.54, 1.807) is 0 Å². The Morgan fingerprint density at radius 2 is 1.93 bits per heavy atom. The van der Waals surface area contributed by atoms with Gasteiger partial charge in [-0.25, -0.2) is 0 Å². The molecule has 0 heterocycles. The van der Waals surface area contributed by atoms with Gasteiger partial charge < -0.3 is 9.47 Å². The Hall–Kier alpha value is -1.65. The summed E-state index contributed by atoms with van der Waals surface area (Å²) in [5.41, 5.74) is -0.501. The maximum atomic E-state index is 13.1. The van der Waals surface area contributed by atoms with Crippen LogP contribution in [-0.4, -0.2) is 20.5 Å².